The molecule has 6 heteroatoms. The fourth-order valence-corrected chi connectivity index (χ4v) is 1.38. The van der Waals surface area contributed by atoms with Crippen molar-refractivity contribution in [2.24, 2.45) is 0 Å². The third-order valence-corrected chi connectivity index (χ3v) is 2.24. The number of hydrogen-bond acceptors (Lipinski definition) is 5. The molecule has 1 saturated heterocycles. The molecule has 4 unspecified atom stereocenters. The first-order valence-electron chi connectivity index (χ1n) is 3.53. The smallest absolute Gasteiger partial charge is 0.132 e. The molecule has 0 amide bonds. The zero-order chi connectivity index (χ0) is 9.30. The minimum absolute atomic E-state index is 0.0480. The third-order valence-electron chi connectivity index (χ3n) is 1.88. The molecule has 0 spiro atoms. The van der Waals surface area contributed by atoms with Gasteiger partial charge in [0.1, 0.15) is 23.3 Å². The van der Waals surface area contributed by atoms with E-state index in [2.05, 4.69) is 17.5 Å². The van der Waals surface area contributed by atoms with Crippen LogP contribution in [-0.4, -0.2) is 56.4 Å². The molecule has 70 valence electrons. The van der Waals surface area contributed by atoms with Crippen molar-refractivity contribution in [3.8, 4) is 0 Å². The summed E-state index contributed by atoms with van der Waals surface area (Å²) in [7, 11) is 0. The highest BCUT2D eigenvalue weighted by molar-refractivity contribution is 7.80. The van der Waals surface area contributed by atoms with Gasteiger partial charge in [-0.05, 0) is 0 Å². The van der Waals surface area contributed by atoms with E-state index < -0.39 is 24.4 Å². The third kappa shape index (κ3) is 1.57. The molecular formula is C6H11NO4S. The van der Waals surface area contributed by atoms with Crippen LogP contribution in [-0.2, 0) is 0 Å². The van der Waals surface area contributed by atoms with Crippen LogP contribution in [0.1, 0.15) is 0 Å². The van der Waals surface area contributed by atoms with Crippen LogP contribution >= 0.6 is 12.2 Å². The molecule has 1 aliphatic rings. The Hall–Kier alpha value is -0.270. The van der Waals surface area contributed by atoms with Crippen molar-refractivity contribution in [1.82, 2.24) is 5.32 Å². The monoisotopic (exact) mass is 193 g/mol. The summed E-state index contributed by atoms with van der Waals surface area (Å²) in [4.78, 5) is 0.0480. The van der Waals surface area contributed by atoms with Gasteiger partial charge in [0, 0.05) is 0 Å². The molecule has 0 saturated carbocycles. The second-order valence-electron chi connectivity index (χ2n) is 2.72. The Balaban J connectivity index is 2.70. The molecule has 0 bridgehead atoms. The Labute approximate surface area is 74.6 Å². The molecule has 0 aromatic heterocycles. The second kappa shape index (κ2) is 3.63. The van der Waals surface area contributed by atoms with Gasteiger partial charge in [-0.15, -0.1) is 0 Å². The lowest BCUT2D eigenvalue weighted by Gasteiger charge is -2.36. The zero-order valence-electron chi connectivity index (χ0n) is 6.21. The molecule has 5 nitrogen and oxygen atoms in total. The maximum absolute atomic E-state index is 9.23. The van der Waals surface area contributed by atoms with Crippen LogP contribution in [0.15, 0.2) is 0 Å². The summed E-state index contributed by atoms with van der Waals surface area (Å²) in [5, 5.41) is 38.8. The Morgan fingerprint density at radius 3 is 2.33 bits per heavy atom. The summed E-state index contributed by atoms with van der Waals surface area (Å²) >= 11 is 4.66. The number of hydrogen-bond donors (Lipinski definition) is 5. The molecule has 1 rings (SSSR count). The van der Waals surface area contributed by atoms with Crippen LogP contribution in [0, 0.1) is 0 Å². The van der Waals surface area contributed by atoms with Crippen LogP contribution in [0.2, 0.25) is 0 Å². The summed E-state index contributed by atoms with van der Waals surface area (Å²) in [5.74, 6) is 0. The number of piperidine rings is 1. The van der Waals surface area contributed by atoms with Crippen molar-refractivity contribution in [3.05, 3.63) is 0 Å². The van der Waals surface area contributed by atoms with Crippen LogP contribution in [0.5, 0.6) is 0 Å². The van der Waals surface area contributed by atoms with E-state index in [1.165, 1.54) is 0 Å². The van der Waals surface area contributed by atoms with Gasteiger partial charge in [-0.25, -0.2) is 0 Å². The SMILES string of the molecule is OCC1NC(=S)C(O)C(O)C1O. The molecule has 0 aromatic rings. The van der Waals surface area contributed by atoms with Gasteiger partial charge >= 0.3 is 0 Å². The van der Waals surface area contributed by atoms with E-state index >= 15 is 0 Å². The van der Waals surface area contributed by atoms with Gasteiger partial charge in [0.2, 0.25) is 0 Å². The van der Waals surface area contributed by atoms with Crippen molar-refractivity contribution in [3.63, 3.8) is 0 Å². The summed E-state index contributed by atoms with van der Waals surface area (Å²) in [6.45, 7) is -0.342. The molecule has 5 N–H and O–H groups in total. The predicted molar refractivity (Wildman–Crippen MR) is 44.6 cm³/mol. The van der Waals surface area contributed by atoms with E-state index in [-0.39, 0.29) is 11.6 Å². The average Bonchev–Trinajstić information content (AvgIpc) is 2.08. The highest BCUT2D eigenvalue weighted by Gasteiger charge is 2.38. The van der Waals surface area contributed by atoms with Crippen molar-refractivity contribution in [2.75, 3.05) is 6.61 Å². The maximum Gasteiger partial charge on any atom is 0.132 e. The van der Waals surface area contributed by atoms with E-state index in [1.54, 1.807) is 0 Å². The summed E-state index contributed by atoms with van der Waals surface area (Å²) in [5.41, 5.74) is 0. The highest BCUT2D eigenvalue weighted by Crippen LogP contribution is 2.11. The van der Waals surface area contributed by atoms with E-state index in [4.69, 9.17) is 10.2 Å². The van der Waals surface area contributed by atoms with Gasteiger partial charge in [-0.1, -0.05) is 12.2 Å². The van der Waals surface area contributed by atoms with Crippen LogP contribution < -0.4 is 5.32 Å². The van der Waals surface area contributed by atoms with Gasteiger partial charge in [0.05, 0.1) is 12.6 Å². The second-order valence-corrected chi connectivity index (χ2v) is 3.16. The number of rotatable bonds is 1. The van der Waals surface area contributed by atoms with E-state index in [0.29, 0.717) is 0 Å². The minimum atomic E-state index is -1.32. The first-order chi connectivity index (χ1) is 5.57. The minimum Gasteiger partial charge on any atom is -0.394 e. The Morgan fingerprint density at radius 2 is 1.83 bits per heavy atom. The van der Waals surface area contributed by atoms with Crippen molar-refractivity contribution < 1.29 is 20.4 Å². The molecule has 0 aliphatic carbocycles. The van der Waals surface area contributed by atoms with Crippen molar-refractivity contribution in [2.45, 2.75) is 24.4 Å². The van der Waals surface area contributed by atoms with Crippen molar-refractivity contribution in [1.29, 1.82) is 0 Å². The molecule has 4 atom stereocenters. The lowest BCUT2D eigenvalue weighted by Crippen LogP contribution is -2.63. The topological polar surface area (TPSA) is 93.0 Å². The molecular weight excluding hydrogens is 182 g/mol. The van der Waals surface area contributed by atoms with Gasteiger partial charge in [-0.3, -0.25) is 0 Å². The predicted octanol–water partition coefficient (Wildman–Crippen LogP) is -2.64. The maximum atomic E-state index is 9.23. The lowest BCUT2D eigenvalue weighted by molar-refractivity contribution is -0.0667. The van der Waals surface area contributed by atoms with E-state index in [0.717, 1.165) is 0 Å². The Kier molecular flexibility index (Phi) is 2.97. The number of aliphatic hydroxyl groups is 4. The first kappa shape index (κ1) is 9.82. The van der Waals surface area contributed by atoms with E-state index in [1.807, 2.05) is 0 Å². The first-order valence-corrected chi connectivity index (χ1v) is 3.94. The number of thiocarbonyl (C=S) groups is 1. The fraction of sp³-hybridized carbons (Fsp3) is 0.833. The normalized spacial score (nSPS) is 42.5. The zero-order valence-corrected chi connectivity index (χ0v) is 7.03. The average molecular weight is 193 g/mol. The molecule has 1 fully saturated rings. The van der Waals surface area contributed by atoms with Gasteiger partial charge < -0.3 is 25.7 Å². The van der Waals surface area contributed by atoms with Crippen LogP contribution in [0.3, 0.4) is 0 Å². The fourth-order valence-electron chi connectivity index (χ4n) is 1.09. The molecule has 0 aromatic carbocycles. The number of aliphatic hydroxyl groups excluding tert-OH is 4. The van der Waals surface area contributed by atoms with Gasteiger partial charge in [0.15, 0.2) is 0 Å². The summed E-state index contributed by atoms with van der Waals surface area (Å²) < 4.78 is 0. The van der Waals surface area contributed by atoms with Gasteiger partial charge in [0.25, 0.3) is 0 Å². The summed E-state index contributed by atoms with van der Waals surface area (Å²) in [6.07, 6.45) is -3.77. The molecule has 1 heterocycles. The van der Waals surface area contributed by atoms with Crippen molar-refractivity contribution >= 4 is 17.2 Å². The van der Waals surface area contributed by atoms with Gasteiger partial charge in [-0.2, -0.15) is 0 Å². The standard InChI is InChI=1S/C6H11NO4S/c8-1-2-3(9)4(10)5(11)6(12)7-2/h2-5,8-11H,1H2,(H,7,12). The summed E-state index contributed by atoms with van der Waals surface area (Å²) in [6, 6.07) is -0.698. The largest absolute Gasteiger partial charge is 0.394 e. The van der Waals surface area contributed by atoms with Crippen LogP contribution in [0.25, 0.3) is 0 Å². The molecule has 12 heavy (non-hydrogen) atoms. The Bertz CT molecular complexity index is 186. The van der Waals surface area contributed by atoms with Crippen LogP contribution in [0.4, 0.5) is 0 Å². The number of nitrogens with one attached hydrogen (secondary N) is 1. The molecule has 0 radical (unpaired) electrons. The lowest BCUT2D eigenvalue weighted by atomic mass is 9.97. The quantitative estimate of drug-likeness (QED) is 0.292. The molecule has 1 aliphatic heterocycles. The van der Waals surface area contributed by atoms with E-state index in [9.17, 15) is 10.2 Å². The highest BCUT2D eigenvalue weighted by atomic mass is 32.1. The Morgan fingerprint density at radius 1 is 1.25 bits per heavy atom.